The highest BCUT2D eigenvalue weighted by molar-refractivity contribution is 6.07. The van der Waals surface area contributed by atoms with Crippen LogP contribution in [0.3, 0.4) is 0 Å². The fourth-order valence-electron chi connectivity index (χ4n) is 3.81. The average Bonchev–Trinajstić information content (AvgIpc) is 3.39. The van der Waals surface area contributed by atoms with Gasteiger partial charge in [-0.15, -0.1) is 0 Å². The van der Waals surface area contributed by atoms with Gasteiger partial charge in [-0.2, -0.15) is 5.10 Å². The molecule has 3 heterocycles. The van der Waals surface area contributed by atoms with Crippen LogP contribution in [0, 0.1) is 5.92 Å². The lowest BCUT2D eigenvalue weighted by Gasteiger charge is -2.27. The first-order valence-electron chi connectivity index (χ1n) is 9.02. The Morgan fingerprint density at radius 1 is 1.22 bits per heavy atom. The zero-order chi connectivity index (χ0) is 18.8. The number of fused-ring (bicyclic) bond motifs is 1. The van der Waals surface area contributed by atoms with Crippen LogP contribution in [0.5, 0.6) is 0 Å². The van der Waals surface area contributed by atoms with E-state index in [9.17, 15) is 14.7 Å². The molecule has 140 valence electrons. The highest BCUT2D eigenvalue weighted by atomic mass is 16.4. The number of allylic oxidation sites excluding steroid dienone is 1. The molecule has 0 aromatic carbocycles. The Labute approximate surface area is 155 Å². The summed E-state index contributed by atoms with van der Waals surface area (Å²) in [6.07, 6.45) is 7.36. The molecule has 0 bridgehead atoms. The standard InChI is InChI=1S/C20H20N2O5/c23-17(8-9-18(24)25)22-20(16-7-3-11-27-16)15-6-1-4-13(19(15)21-22)12-14-5-2-10-26-14/h2-3,5,7,10-12,15,20H,1,4,6,8-9H2,(H,24,25)/p-1/b13-12+/t15-,20-/m0/s1. The van der Waals surface area contributed by atoms with Crippen molar-refractivity contribution in [2.75, 3.05) is 0 Å². The number of carboxylic acids is 1. The Bertz CT molecular complexity index is 880. The van der Waals surface area contributed by atoms with Crippen LogP contribution in [0.1, 0.15) is 49.7 Å². The third kappa shape index (κ3) is 3.45. The highest BCUT2D eigenvalue weighted by Crippen LogP contribution is 2.44. The molecule has 27 heavy (non-hydrogen) atoms. The van der Waals surface area contributed by atoms with Crippen LogP contribution in [-0.4, -0.2) is 22.6 Å². The lowest BCUT2D eigenvalue weighted by Crippen LogP contribution is -2.32. The van der Waals surface area contributed by atoms with Crippen molar-refractivity contribution in [1.29, 1.82) is 0 Å². The van der Waals surface area contributed by atoms with Gasteiger partial charge in [0.1, 0.15) is 17.6 Å². The highest BCUT2D eigenvalue weighted by Gasteiger charge is 2.44. The molecule has 1 saturated carbocycles. The van der Waals surface area contributed by atoms with E-state index in [1.54, 1.807) is 18.6 Å². The van der Waals surface area contributed by atoms with Gasteiger partial charge >= 0.3 is 0 Å². The number of amides is 1. The first-order valence-corrected chi connectivity index (χ1v) is 9.02. The molecule has 2 aliphatic rings. The Morgan fingerprint density at radius 2 is 2.04 bits per heavy atom. The van der Waals surface area contributed by atoms with Gasteiger partial charge in [0, 0.05) is 18.3 Å². The third-order valence-corrected chi connectivity index (χ3v) is 4.99. The molecule has 7 nitrogen and oxygen atoms in total. The number of carboxylic acid groups (broad SMARTS) is 1. The van der Waals surface area contributed by atoms with Crippen LogP contribution in [0.15, 0.2) is 56.3 Å². The maximum atomic E-state index is 12.7. The number of hydrogen-bond acceptors (Lipinski definition) is 6. The Hall–Kier alpha value is -3.09. The number of carbonyl (C=O) groups excluding carboxylic acids is 2. The zero-order valence-corrected chi connectivity index (χ0v) is 14.7. The Kier molecular flexibility index (Phi) is 4.66. The number of hydrazone groups is 1. The minimum atomic E-state index is -1.25. The predicted octanol–water partition coefficient (Wildman–Crippen LogP) is 2.53. The molecular weight excluding hydrogens is 348 g/mol. The maximum absolute atomic E-state index is 12.7. The van der Waals surface area contributed by atoms with Crippen molar-refractivity contribution in [3.05, 3.63) is 53.9 Å². The maximum Gasteiger partial charge on any atom is 0.243 e. The van der Waals surface area contributed by atoms with Crippen molar-refractivity contribution < 1.29 is 23.5 Å². The van der Waals surface area contributed by atoms with E-state index in [0.29, 0.717) is 5.76 Å². The molecule has 0 radical (unpaired) electrons. The molecule has 2 aromatic heterocycles. The van der Waals surface area contributed by atoms with E-state index in [2.05, 4.69) is 5.10 Å². The summed E-state index contributed by atoms with van der Waals surface area (Å²) in [6.45, 7) is 0. The number of aliphatic carboxylic acids is 1. The SMILES string of the molecule is O=C([O-])CCC(=O)N1N=C2/C(=C/c3ccco3)CCC[C@@H]2[C@H]1c1ccco1. The normalized spacial score (nSPS) is 23.3. The van der Waals surface area contributed by atoms with Crippen molar-refractivity contribution in [1.82, 2.24) is 5.01 Å². The summed E-state index contributed by atoms with van der Waals surface area (Å²) in [6, 6.07) is 6.94. The van der Waals surface area contributed by atoms with Gasteiger partial charge in [0.15, 0.2) is 0 Å². The Balaban J connectivity index is 1.68. The first kappa shape index (κ1) is 17.3. The van der Waals surface area contributed by atoms with Crippen molar-refractivity contribution in [3.8, 4) is 0 Å². The predicted molar refractivity (Wildman–Crippen MR) is 94.0 cm³/mol. The molecule has 0 saturated heterocycles. The monoisotopic (exact) mass is 367 g/mol. The summed E-state index contributed by atoms with van der Waals surface area (Å²) in [5.41, 5.74) is 1.88. The van der Waals surface area contributed by atoms with Crippen molar-refractivity contribution in [2.45, 2.75) is 38.1 Å². The van der Waals surface area contributed by atoms with Gasteiger partial charge in [0.05, 0.1) is 18.2 Å². The van der Waals surface area contributed by atoms with Gasteiger partial charge in [-0.1, -0.05) is 0 Å². The van der Waals surface area contributed by atoms with Crippen LogP contribution in [0.4, 0.5) is 0 Å². The van der Waals surface area contributed by atoms with Gasteiger partial charge in [-0.25, -0.2) is 5.01 Å². The van der Waals surface area contributed by atoms with Crippen LogP contribution in [0.2, 0.25) is 0 Å². The second-order valence-electron chi connectivity index (χ2n) is 6.74. The van der Waals surface area contributed by atoms with Crippen LogP contribution in [0.25, 0.3) is 6.08 Å². The van der Waals surface area contributed by atoms with Crippen molar-refractivity contribution in [3.63, 3.8) is 0 Å². The molecule has 1 aliphatic heterocycles. The van der Waals surface area contributed by atoms with E-state index < -0.39 is 5.97 Å². The number of nitrogens with zero attached hydrogens (tertiary/aromatic N) is 2. The second-order valence-corrected chi connectivity index (χ2v) is 6.74. The largest absolute Gasteiger partial charge is 0.550 e. The molecular formula is C20H19N2O5-. The fourth-order valence-corrected chi connectivity index (χ4v) is 3.81. The quantitative estimate of drug-likeness (QED) is 0.808. The summed E-state index contributed by atoms with van der Waals surface area (Å²) in [7, 11) is 0. The molecule has 4 rings (SSSR count). The van der Waals surface area contributed by atoms with E-state index in [0.717, 1.165) is 36.3 Å². The second kappa shape index (κ2) is 7.26. The van der Waals surface area contributed by atoms with E-state index in [1.165, 1.54) is 5.01 Å². The molecule has 1 aliphatic carbocycles. The molecule has 0 unspecified atom stereocenters. The van der Waals surface area contributed by atoms with Gasteiger partial charge in [-0.3, -0.25) is 4.79 Å². The van der Waals surface area contributed by atoms with E-state index >= 15 is 0 Å². The zero-order valence-electron chi connectivity index (χ0n) is 14.7. The van der Waals surface area contributed by atoms with Gasteiger partial charge in [0.2, 0.25) is 5.91 Å². The average molecular weight is 367 g/mol. The van der Waals surface area contributed by atoms with Gasteiger partial charge < -0.3 is 18.7 Å². The summed E-state index contributed by atoms with van der Waals surface area (Å²) in [5, 5.41) is 16.8. The fraction of sp³-hybridized carbons (Fsp3) is 0.350. The van der Waals surface area contributed by atoms with E-state index in [1.807, 2.05) is 24.3 Å². The van der Waals surface area contributed by atoms with Crippen molar-refractivity contribution in [2.24, 2.45) is 11.0 Å². The lowest BCUT2D eigenvalue weighted by atomic mass is 9.79. The number of carbonyl (C=O) groups is 2. The molecule has 2 aromatic rings. The molecule has 2 atom stereocenters. The van der Waals surface area contributed by atoms with Crippen LogP contribution in [-0.2, 0) is 9.59 Å². The molecule has 0 N–H and O–H groups in total. The third-order valence-electron chi connectivity index (χ3n) is 4.99. The summed E-state index contributed by atoms with van der Waals surface area (Å²) in [4.78, 5) is 23.4. The van der Waals surface area contributed by atoms with Crippen LogP contribution < -0.4 is 5.11 Å². The van der Waals surface area contributed by atoms with Crippen molar-refractivity contribution >= 4 is 23.7 Å². The number of rotatable bonds is 5. The molecule has 7 heteroatoms. The summed E-state index contributed by atoms with van der Waals surface area (Å²) >= 11 is 0. The number of hydrogen-bond donors (Lipinski definition) is 0. The van der Waals surface area contributed by atoms with Gasteiger partial charge in [0.25, 0.3) is 0 Å². The lowest BCUT2D eigenvalue weighted by molar-refractivity contribution is -0.305. The molecule has 1 fully saturated rings. The molecule has 0 spiro atoms. The van der Waals surface area contributed by atoms with E-state index in [4.69, 9.17) is 8.83 Å². The topological polar surface area (TPSA) is 99.1 Å². The summed E-state index contributed by atoms with van der Waals surface area (Å²) in [5.74, 6) is -0.192. The smallest absolute Gasteiger partial charge is 0.243 e. The van der Waals surface area contributed by atoms with E-state index in [-0.39, 0.29) is 30.7 Å². The Morgan fingerprint density at radius 3 is 2.74 bits per heavy atom. The minimum absolute atomic E-state index is 0.0121. The van der Waals surface area contributed by atoms with Crippen LogP contribution >= 0.6 is 0 Å². The summed E-state index contributed by atoms with van der Waals surface area (Å²) < 4.78 is 11.0. The first-order chi connectivity index (χ1) is 13.1. The molecule has 1 amide bonds. The minimum Gasteiger partial charge on any atom is -0.550 e. The van der Waals surface area contributed by atoms with Gasteiger partial charge in [-0.05, 0) is 61.6 Å². The number of furan rings is 2.